The topological polar surface area (TPSA) is 131 Å². The van der Waals surface area contributed by atoms with Crippen LogP contribution in [-0.4, -0.2) is 26.1 Å². The monoisotopic (exact) mass is 320 g/mol. The van der Waals surface area contributed by atoms with Crippen LogP contribution in [-0.2, 0) is 0 Å². The fourth-order valence-corrected chi connectivity index (χ4v) is 2.00. The minimum atomic E-state index is -0.727. The fraction of sp³-hybridized carbons (Fsp3) is 0.357. The molecule has 0 saturated heterocycles. The number of carbonyl (C=O) groups excluding carboxylic acids is 1. The van der Waals surface area contributed by atoms with E-state index < -0.39 is 28.3 Å². The molecule has 0 aliphatic carbocycles. The molecule has 2 rings (SSSR count). The molecule has 9 heteroatoms. The SMILES string of the molecule is Cc1noc([C@@H](NC(=O)c2ccc([N+](=O)[O-])c(O)c2)C(C)C)n1. The minimum absolute atomic E-state index is 0.0227. The van der Waals surface area contributed by atoms with Crippen LogP contribution in [0, 0.1) is 23.0 Å². The van der Waals surface area contributed by atoms with Crippen LogP contribution >= 0.6 is 0 Å². The average molecular weight is 320 g/mol. The van der Waals surface area contributed by atoms with Crippen molar-refractivity contribution in [1.82, 2.24) is 15.5 Å². The van der Waals surface area contributed by atoms with Crippen molar-refractivity contribution in [3.05, 3.63) is 45.6 Å². The van der Waals surface area contributed by atoms with Crippen LogP contribution in [0.3, 0.4) is 0 Å². The van der Waals surface area contributed by atoms with Crippen LogP contribution < -0.4 is 5.32 Å². The number of nitrogens with zero attached hydrogens (tertiary/aromatic N) is 3. The lowest BCUT2D eigenvalue weighted by Crippen LogP contribution is -2.32. The van der Waals surface area contributed by atoms with Crippen LogP contribution in [0.4, 0.5) is 5.69 Å². The average Bonchev–Trinajstić information content (AvgIpc) is 2.89. The van der Waals surface area contributed by atoms with Crippen molar-refractivity contribution in [3.63, 3.8) is 0 Å². The summed E-state index contributed by atoms with van der Waals surface area (Å²) in [5.41, 5.74) is -0.371. The van der Waals surface area contributed by atoms with Crippen LogP contribution in [0.2, 0.25) is 0 Å². The summed E-state index contributed by atoms with van der Waals surface area (Å²) in [7, 11) is 0. The molecule has 0 aliphatic rings. The number of nitrogens with one attached hydrogen (secondary N) is 1. The number of nitro benzene ring substituents is 1. The zero-order chi connectivity index (χ0) is 17.1. The van der Waals surface area contributed by atoms with Crippen molar-refractivity contribution in [2.45, 2.75) is 26.8 Å². The molecule has 0 saturated carbocycles. The standard InChI is InChI=1S/C14H16N4O5/c1-7(2)12(14-15-8(3)17-23-14)16-13(20)9-4-5-10(18(21)22)11(19)6-9/h4-7,12,19H,1-3H3,(H,16,20)/t12-/m0/s1. The number of phenols is 1. The number of aromatic nitrogens is 2. The molecule has 1 amide bonds. The van der Waals surface area contributed by atoms with E-state index in [1.54, 1.807) is 6.92 Å². The molecule has 23 heavy (non-hydrogen) atoms. The Kier molecular flexibility index (Phi) is 4.58. The molecule has 9 nitrogen and oxygen atoms in total. The van der Waals surface area contributed by atoms with E-state index >= 15 is 0 Å². The lowest BCUT2D eigenvalue weighted by Gasteiger charge is -2.18. The van der Waals surface area contributed by atoms with Gasteiger partial charge in [-0.1, -0.05) is 19.0 Å². The predicted octanol–water partition coefficient (Wildman–Crippen LogP) is 2.12. The Bertz CT molecular complexity index is 741. The summed E-state index contributed by atoms with van der Waals surface area (Å²) in [5.74, 6) is -0.377. The third kappa shape index (κ3) is 3.62. The Morgan fingerprint density at radius 2 is 2.13 bits per heavy atom. The predicted molar refractivity (Wildman–Crippen MR) is 78.8 cm³/mol. The molecule has 2 N–H and O–H groups in total. The highest BCUT2D eigenvalue weighted by Gasteiger charge is 2.25. The number of carbonyl (C=O) groups is 1. The lowest BCUT2D eigenvalue weighted by molar-refractivity contribution is -0.385. The van der Waals surface area contributed by atoms with Gasteiger partial charge >= 0.3 is 5.69 Å². The van der Waals surface area contributed by atoms with E-state index in [0.29, 0.717) is 5.82 Å². The van der Waals surface area contributed by atoms with Gasteiger partial charge in [0.15, 0.2) is 11.6 Å². The second-order valence-electron chi connectivity index (χ2n) is 5.34. The van der Waals surface area contributed by atoms with Gasteiger partial charge in [0.05, 0.1) is 4.92 Å². The Balaban J connectivity index is 2.22. The zero-order valence-electron chi connectivity index (χ0n) is 12.8. The number of rotatable bonds is 5. The van der Waals surface area contributed by atoms with Crippen molar-refractivity contribution >= 4 is 11.6 Å². The molecule has 1 aromatic heterocycles. The van der Waals surface area contributed by atoms with Gasteiger partial charge in [-0.15, -0.1) is 0 Å². The number of amides is 1. The lowest BCUT2D eigenvalue weighted by atomic mass is 10.0. The normalized spacial score (nSPS) is 12.2. The summed E-state index contributed by atoms with van der Waals surface area (Å²) in [4.78, 5) is 26.3. The second kappa shape index (κ2) is 6.42. The first-order chi connectivity index (χ1) is 10.8. The molecule has 1 atom stereocenters. The van der Waals surface area contributed by atoms with Gasteiger partial charge < -0.3 is 14.9 Å². The summed E-state index contributed by atoms with van der Waals surface area (Å²) < 4.78 is 5.08. The summed E-state index contributed by atoms with van der Waals surface area (Å²) in [5, 5.41) is 26.7. The van der Waals surface area contributed by atoms with Crippen LogP contribution in [0.5, 0.6) is 5.75 Å². The number of aromatic hydroxyl groups is 1. The summed E-state index contributed by atoms with van der Waals surface area (Å²) in [6.45, 7) is 5.41. The smallest absolute Gasteiger partial charge is 0.310 e. The van der Waals surface area contributed by atoms with Gasteiger partial charge in [-0.2, -0.15) is 4.98 Å². The van der Waals surface area contributed by atoms with E-state index in [4.69, 9.17) is 4.52 Å². The molecule has 1 heterocycles. The first kappa shape index (κ1) is 16.4. The van der Waals surface area contributed by atoms with Gasteiger partial charge in [-0.3, -0.25) is 14.9 Å². The maximum Gasteiger partial charge on any atom is 0.310 e. The molecular formula is C14H16N4O5. The Morgan fingerprint density at radius 3 is 2.61 bits per heavy atom. The largest absolute Gasteiger partial charge is 0.502 e. The second-order valence-corrected chi connectivity index (χ2v) is 5.34. The summed E-state index contributed by atoms with van der Waals surface area (Å²) in [6, 6.07) is 2.87. The van der Waals surface area contributed by atoms with Crippen LogP contribution in [0.1, 0.15) is 42.0 Å². The number of phenolic OH excluding ortho intramolecular Hbond substituents is 1. The molecule has 0 fully saturated rings. The van der Waals surface area contributed by atoms with Crippen molar-refractivity contribution in [2.75, 3.05) is 0 Å². The molecule has 0 bridgehead atoms. The summed E-state index contributed by atoms with van der Waals surface area (Å²) in [6.07, 6.45) is 0. The van der Waals surface area contributed by atoms with Crippen molar-refractivity contribution < 1.29 is 19.3 Å². The third-order valence-electron chi connectivity index (χ3n) is 3.20. The van der Waals surface area contributed by atoms with E-state index in [-0.39, 0.29) is 17.4 Å². The van der Waals surface area contributed by atoms with E-state index in [2.05, 4.69) is 15.5 Å². The van der Waals surface area contributed by atoms with E-state index in [1.165, 1.54) is 6.07 Å². The number of nitro groups is 1. The molecule has 0 aliphatic heterocycles. The molecule has 122 valence electrons. The van der Waals surface area contributed by atoms with Gasteiger partial charge in [-0.25, -0.2) is 0 Å². The van der Waals surface area contributed by atoms with Crippen molar-refractivity contribution in [1.29, 1.82) is 0 Å². The Labute approximate surface area is 131 Å². The third-order valence-corrected chi connectivity index (χ3v) is 3.20. The quantitative estimate of drug-likeness (QED) is 0.637. The highest BCUT2D eigenvalue weighted by Crippen LogP contribution is 2.27. The van der Waals surface area contributed by atoms with Crippen molar-refractivity contribution in [3.8, 4) is 5.75 Å². The number of hydrogen-bond donors (Lipinski definition) is 2. The van der Waals surface area contributed by atoms with E-state index in [9.17, 15) is 20.0 Å². The molecular weight excluding hydrogens is 304 g/mol. The first-order valence-corrected chi connectivity index (χ1v) is 6.88. The van der Waals surface area contributed by atoms with Crippen molar-refractivity contribution in [2.24, 2.45) is 5.92 Å². The van der Waals surface area contributed by atoms with E-state index in [0.717, 1.165) is 12.1 Å². The molecule has 2 aromatic rings. The zero-order valence-corrected chi connectivity index (χ0v) is 12.8. The van der Waals surface area contributed by atoms with Gasteiger partial charge in [0.1, 0.15) is 6.04 Å². The minimum Gasteiger partial charge on any atom is -0.502 e. The number of hydrogen-bond acceptors (Lipinski definition) is 7. The van der Waals surface area contributed by atoms with Gasteiger partial charge in [-0.05, 0) is 25.0 Å². The maximum atomic E-state index is 12.3. The van der Waals surface area contributed by atoms with E-state index in [1.807, 2.05) is 13.8 Å². The maximum absolute atomic E-state index is 12.3. The van der Waals surface area contributed by atoms with Gasteiger partial charge in [0, 0.05) is 11.6 Å². The first-order valence-electron chi connectivity index (χ1n) is 6.88. The molecule has 1 aromatic carbocycles. The van der Waals surface area contributed by atoms with Gasteiger partial charge in [0.2, 0.25) is 5.89 Å². The molecule has 0 unspecified atom stereocenters. The highest BCUT2D eigenvalue weighted by atomic mass is 16.6. The Hall–Kier alpha value is -2.97. The van der Waals surface area contributed by atoms with Gasteiger partial charge in [0.25, 0.3) is 5.91 Å². The number of benzene rings is 1. The fourth-order valence-electron chi connectivity index (χ4n) is 2.00. The highest BCUT2D eigenvalue weighted by molar-refractivity contribution is 5.95. The van der Waals surface area contributed by atoms with Crippen LogP contribution in [0.15, 0.2) is 22.7 Å². The molecule has 0 radical (unpaired) electrons. The molecule has 0 spiro atoms. The van der Waals surface area contributed by atoms with Crippen LogP contribution in [0.25, 0.3) is 0 Å². The number of aryl methyl sites for hydroxylation is 1. The Morgan fingerprint density at radius 1 is 1.43 bits per heavy atom. The summed E-state index contributed by atoms with van der Waals surface area (Å²) >= 11 is 0.